The van der Waals surface area contributed by atoms with Gasteiger partial charge in [0.2, 0.25) is 0 Å². The zero-order valence-corrected chi connectivity index (χ0v) is 16.3. The first-order chi connectivity index (χ1) is 12.2. The number of H-pyrrole nitrogens is 1. The van der Waals surface area contributed by atoms with Crippen molar-refractivity contribution in [3.05, 3.63) is 52.3 Å². The molecule has 0 spiro atoms. The molecule has 1 aromatic carbocycles. The molecule has 0 unspecified atom stereocenters. The Balaban J connectivity index is 0.00000243. The van der Waals surface area contributed by atoms with Crippen LogP contribution in [0.2, 0.25) is 0 Å². The molecule has 6 nitrogen and oxygen atoms in total. The van der Waals surface area contributed by atoms with Crippen LogP contribution in [0.25, 0.3) is 0 Å². The summed E-state index contributed by atoms with van der Waals surface area (Å²) in [6, 6.07) is 8.41. The molecule has 0 fully saturated rings. The molecule has 142 valence electrons. The number of carbonyl (C=O) groups is 1. The highest BCUT2D eigenvalue weighted by Gasteiger charge is 2.21. The summed E-state index contributed by atoms with van der Waals surface area (Å²) in [6.45, 7) is 9.50. The zero-order valence-electron chi connectivity index (χ0n) is 15.5. The maximum absolute atomic E-state index is 12.5. The highest BCUT2D eigenvalue weighted by Crippen LogP contribution is 2.15. The van der Waals surface area contributed by atoms with Crippen LogP contribution in [0.1, 0.15) is 46.7 Å². The van der Waals surface area contributed by atoms with Crippen molar-refractivity contribution in [3.63, 3.8) is 0 Å². The summed E-state index contributed by atoms with van der Waals surface area (Å²) in [5.41, 5.74) is 4.97. The maximum Gasteiger partial charge on any atom is 0.272 e. The largest absolute Gasteiger partial charge is 0.347 e. The summed E-state index contributed by atoms with van der Waals surface area (Å²) < 4.78 is 0. The van der Waals surface area contributed by atoms with E-state index in [1.54, 1.807) is 0 Å². The third kappa shape index (κ3) is 4.84. The summed E-state index contributed by atoms with van der Waals surface area (Å²) >= 11 is 0. The van der Waals surface area contributed by atoms with Crippen molar-refractivity contribution in [2.24, 2.45) is 0 Å². The molecule has 1 amide bonds. The number of carbonyl (C=O) groups excluding carboxylic acids is 1. The fourth-order valence-electron chi connectivity index (χ4n) is 3.22. The lowest BCUT2D eigenvalue weighted by Gasteiger charge is -2.18. The van der Waals surface area contributed by atoms with Gasteiger partial charge in [0.25, 0.3) is 5.91 Å². The molecule has 0 saturated carbocycles. The minimum Gasteiger partial charge on any atom is -0.347 e. The van der Waals surface area contributed by atoms with Crippen LogP contribution in [-0.2, 0) is 26.1 Å². The third-order valence-corrected chi connectivity index (χ3v) is 4.77. The fraction of sp³-hybridized carbons (Fsp3) is 0.474. The lowest BCUT2D eigenvalue weighted by molar-refractivity contribution is 0.0944. The number of halogens is 1. The number of fused-ring (bicyclic) bond motifs is 1. The van der Waals surface area contributed by atoms with E-state index in [2.05, 4.69) is 57.8 Å². The van der Waals surface area contributed by atoms with Crippen LogP contribution in [0.3, 0.4) is 0 Å². The van der Waals surface area contributed by atoms with Crippen molar-refractivity contribution in [1.82, 2.24) is 25.7 Å². The Morgan fingerprint density at radius 3 is 2.81 bits per heavy atom. The summed E-state index contributed by atoms with van der Waals surface area (Å²) in [6.07, 6.45) is 0.892. The Hall–Kier alpha value is -1.89. The molecule has 2 heterocycles. The van der Waals surface area contributed by atoms with Crippen molar-refractivity contribution in [2.45, 2.75) is 39.9 Å². The minimum absolute atomic E-state index is 0. The first kappa shape index (κ1) is 20.4. The Morgan fingerprint density at radius 2 is 2.04 bits per heavy atom. The normalized spacial score (nSPS) is 13.2. The molecule has 7 heteroatoms. The predicted octanol–water partition coefficient (Wildman–Crippen LogP) is 2.25. The first-order valence-electron chi connectivity index (χ1n) is 9.06. The SMILES string of the molecule is CCN(CC)Cc1cccc(CNC(=O)c2n[nH]c3c2CNCC3)c1.Cl. The molecule has 0 aliphatic carbocycles. The van der Waals surface area contributed by atoms with Crippen molar-refractivity contribution < 1.29 is 4.79 Å². The van der Waals surface area contributed by atoms with E-state index in [0.717, 1.165) is 49.4 Å². The molecule has 1 aliphatic rings. The van der Waals surface area contributed by atoms with E-state index in [1.807, 2.05) is 6.07 Å². The Kier molecular flexibility index (Phi) is 7.63. The number of nitrogens with one attached hydrogen (secondary N) is 3. The van der Waals surface area contributed by atoms with E-state index < -0.39 is 0 Å². The van der Waals surface area contributed by atoms with Crippen molar-refractivity contribution >= 4 is 18.3 Å². The van der Waals surface area contributed by atoms with Crippen LogP contribution in [0.15, 0.2) is 24.3 Å². The van der Waals surface area contributed by atoms with Gasteiger partial charge in [-0.1, -0.05) is 38.1 Å². The molecule has 0 atom stereocenters. The predicted molar refractivity (Wildman–Crippen MR) is 105 cm³/mol. The van der Waals surface area contributed by atoms with Crippen LogP contribution in [0.5, 0.6) is 0 Å². The van der Waals surface area contributed by atoms with Gasteiger partial charge in [-0.25, -0.2) is 0 Å². The van der Waals surface area contributed by atoms with E-state index >= 15 is 0 Å². The molecular formula is C19H28ClN5O. The molecule has 1 aliphatic heterocycles. The van der Waals surface area contributed by atoms with E-state index in [-0.39, 0.29) is 18.3 Å². The minimum atomic E-state index is -0.115. The van der Waals surface area contributed by atoms with E-state index in [9.17, 15) is 4.79 Å². The van der Waals surface area contributed by atoms with Crippen molar-refractivity contribution in [3.8, 4) is 0 Å². The highest BCUT2D eigenvalue weighted by molar-refractivity contribution is 5.94. The van der Waals surface area contributed by atoms with Gasteiger partial charge in [-0.15, -0.1) is 12.4 Å². The van der Waals surface area contributed by atoms with Crippen LogP contribution < -0.4 is 10.6 Å². The number of aromatic nitrogens is 2. The van der Waals surface area contributed by atoms with Gasteiger partial charge in [-0.05, 0) is 24.2 Å². The highest BCUT2D eigenvalue weighted by atomic mass is 35.5. The summed E-state index contributed by atoms with van der Waals surface area (Å²) in [5.74, 6) is -0.115. The summed E-state index contributed by atoms with van der Waals surface area (Å²) in [7, 11) is 0. The number of amides is 1. The summed E-state index contributed by atoms with van der Waals surface area (Å²) in [5, 5.41) is 13.5. The number of nitrogens with zero attached hydrogens (tertiary/aromatic N) is 2. The van der Waals surface area contributed by atoms with Gasteiger partial charge in [0.1, 0.15) is 0 Å². The molecule has 26 heavy (non-hydrogen) atoms. The van der Waals surface area contributed by atoms with E-state index in [4.69, 9.17) is 0 Å². The summed E-state index contributed by atoms with van der Waals surface area (Å²) in [4.78, 5) is 14.9. The first-order valence-corrected chi connectivity index (χ1v) is 9.06. The molecule has 0 bridgehead atoms. The topological polar surface area (TPSA) is 73.0 Å². The molecule has 2 aromatic rings. The van der Waals surface area contributed by atoms with Crippen molar-refractivity contribution in [1.29, 1.82) is 0 Å². The average Bonchev–Trinajstić information content (AvgIpc) is 3.09. The molecule has 1 aromatic heterocycles. The van der Waals surface area contributed by atoms with Gasteiger partial charge < -0.3 is 10.6 Å². The van der Waals surface area contributed by atoms with E-state index in [0.29, 0.717) is 18.8 Å². The maximum atomic E-state index is 12.5. The van der Waals surface area contributed by atoms with Gasteiger partial charge in [0, 0.05) is 43.9 Å². The van der Waals surface area contributed by atoms with Gasteiger partial charge >= 0.3 is 0 Å². The molecular weight excluding hydrogens is 350 g/mol. The lowest BCUT2D eigenvalue weighted by atomic mass is 10.1. The Bertz CT molecular complexity index is 726. The standard InChI is InChI=1S/C19H27N5O.ClH/c1-3-24(4-2)13-15-7-5-6-14(10-15)11-21-19(25)18-16-12-20-9-8-17(16)22-23-18;/h5-7,10,20H,3-4,8-9,11-13H2,1-2H3,(H,21,25)(H,22,23);1H. The zero-order chi connectivity index (χ0) is 17.6. The fourth-order valence-corrected chi connectivity index (χ4v) is 3.22. The van der Waals surface area contributed by atoms with Crippen LogP contribution in [0.4, 0.5) is 0 Å². The number of aromatic amines is 1. The number of benzene rings is 1. The molecule has 3 rings (SSSR count). The Morgan fingerprint density at radius 1 is 1.27 bits per heavy atom. The average molecular weight is 378 g/mol. The molecule has 0 saturated heterocycles. The van der Waals surface area contributed by atoms with Gasteiger partial charge in [-0.2, -0.15) is 5.10 Å². The van der Waals surface area contributed by atoms with Crippen LogP contribution in [-0.4, -0.2) is 40.6 Å². The van der Waals surface area contributed by atoms with Gasteiger partial charge in [0.05, 0.1) is 0 Å². The number of hydrogen-bond acceptors (Lipinski definition) is 4. The molecule has 0 radical (unpaired) electrons. The van der Waals surface area contributed by atoms with Crippen LogP contribution in [0, 0.1) is 0 Å². The third-order valence-electron chi connectivity index (χ3n) is 4.77. The second-order valence-corrected chi connectivity index (χ2v) is 6.42. The monoisotopic (exact) mass is 377 g/mol. The molecule has 3 N–H and O–H groups in total. The van der Waals surface area contributed by atoms with Crippen LogP contribution >= 0.6 is 12.4 Å². The Labute approximate surface area is 161 Å². The number of hydrogen-bond donors (Lipinski definition) is 3. The lowest BCUT2D eigenvalue weighted by Crippen LogP contribution is -2.28. The second-order valence-electron chi connectivity index (χ2n) is 6.42. The smallest absolute Gasteiger partial charge is 0.272 e. The van der Waals surface area contributed by atoms with Crippen molar-refractivity contribution in [2.75, 3.05) is 19.6 Å². The quantitative estimate of drug-likeness (QED) is 0.692. The number of rotatable bonds is 7. The van der Waals surface area contributed by atoms with E-state index in [1.165, 1.54) is 5.56 Å². The second kappa shape index (κ2) is 9.71. The van der Waals surface area contributed by atoms with Gasteiger partial charge in [0.15, 0.2) is 5.69 Å². The van der Waals surface area contributed by atoms with Gasteiger partial charge in [-0.3, -0.25) is 14.8 Å².